The van der Waals surface area contributed by atoms with Crippen molar-refractivity contribution in [2.24, 2.45) is 0 Å². The SMILES string of the molecule is CCn1nc(C#N)c(=O)c2cc(C)ccc21. The number of aryl methyl sites for hydroxylation is 2. The van der Waals surface area contributed by atoms with E-state index in [1.54, 1.807) is 10.7 Å². The van der Waals surface area contributed by atoms with Crippen molar-refractivity contribution in [2.45, 2.75) is 20.4 Å². The van der Waals surface area contributed by atoms with Gasteiger partial charge in [-0.1, -0.05) is 11.6 Å². The lowest BCUT2D eigenvalue weighted by Crippen LogP contribution is -2.16. The monoisotopic (exact) mass is 213 g/mol. The number of benzene rings is 1. The molecular weight excluding hydrogens is 202 g/mol. The van der Waals surface area contributed by atoms with E-state index in [4.69, 9.17) is 5.26 Å². The standard InChI is InChI=1S/C12H11N3O/c1-3-15-11-5-4-8(2)6-9(11)12(16)10(7-13)14-15/h4-6H,3H2,1-2H3. The lowest BCUT2D eigenvalue weighted by atomic mass is 10.1. The maximum atomic E-state index is 11.9. The minimum Gasteiger partial charge on any atom is -0.286 e. The molecule has 0 saturated heterocycles. The maximum Gasteiger partial charge on any atom is 0.226 e. The fourth-order valence-corrected chi connectivity index (χ4v) is 1.72. The van der Waals surface area contributed by atoms with Gasteiger partial charge in [0.15, 0.2) is 0 Å². The van der Waals surface area contributed by atoms with Crippen LogP contribution in [0, 0.1) is 18.3 Å². The van der Waals surface area contributed by atoms with Crippen LogP contribution in [-0.2, 0) is 6.54 Å². The van der Waals surface area contributed by atoms with Gasteiger partial charge in [-0.05, 0) is 26.0 Å². The highest BCUT2D eigenvalue weighted by Gasteiger charge is 2.09. The highest BCUT2D eigenvalue weighted by atomic mass is 16.1. The highest BCUT2D eigenvalue weighted by Crippen LogP contribution is 2.11. The molecule has 1 aromatic heterocycles. The first-order valence-corrected chi connectivity index (χ1v) is 5.09. The van der Waals surface area contributed by atoms with Gasteiger partial charge in [-0.3, -0.25) is 9.48 Å². The Morgan fingerprint density at radius 3 is 2.88 bits per heavy atom. The van der Waals surface area contributed by atoms with Crippen LogP contribution in [0.5, 0.6) is 0 Å². The molecule has 0 aliphatic rings. The second-order valence-electron chi connectivity index (χ2n) is 3.63. The second kappa shape index (κ2) is 3.78. The summed E-state index contributed by atoms with van der Waals surface area (Å²) < 4.78 is 1.68. The van der Waals surface area contributed by atoms with Gasteiger partial charge in [0.1, 0.15) is 6.07 Å². The molecule has 0 fully saturated rings. The van der Waals surface area contributed by atoms with Crippen molar-refractivity contribution in [3.63, 3.8) is 0 Å². The molecule has 0 N–H and O–H groups in total. The Hall–Kier alpha value is -2.15. The number of hydrogen-bond donors (Lipinski definition) is 0. The van der Waals surface area contributed by atoms with E-state index >= 15 is 0 Å². The number of aromatic nitrogens is 2. The maximum absolute atomic E-state index is 11.9. The third-order valence-electron chi connectivity index (χ3n) is 2.52. The molecule has 0 spiro atoms. The van der Waals surface area contributed by atoms with Gasteiger partial charge >= 0.3 is 0 Å². The lowest BCUT2D eigenvalue weighted by Gasteiger charge is -2.07. The highest BCUT2D eigenvalue weighted by molar-refractivity contribution is 5.80. The van der Waals surface area contributed by atoms with Gasteiger partial charge in [-0.15, -0.1) is 0 Å². The number of hydrogen-bond acceptors (Lipinski definition) is 3. The first kappa shape index (κ1) is 10.4. The molecule has 0 aliphatic carbocycles. The van der Waals surface area contributed by atoms with E-state index in [0.717, 1.165) is 11.1 Å². The topological polar surface area (TPSA) is 58.7 Å². The molecule has 2 aromatic rings. The first-order valence-electron chi connectivity index (χ1n) is 5.09. The fourth-order valence-electron chi connectivity index (χ4n) is 1.72. The second-order valence-corrected chi connectivity index (χ2v) is 3.63. The molecule has 80 valence electrons. The van der Waals surface area contributed by atoms with Crippen LogP contribution < -0.4 is 5.43 Å². The zero-order chi connectivity index (χ0) is 11.7. The summed E-state index contributed by atoms with van der Waals surface area (Å²) in [6.07, 6.45) is 0. The average Bonchev–Trinajstić information content (AvgIpc) is 2.30. The Labute approximate surface area is 92.7 Å². The molecule has 0 unspecified atom stereocenters. The Morgan fingerprint density at radius 2 is 2.25 bits per heavy atom. The summed E-state index contributed by atoms with van der Waals surface area (Å²) in [4.78, 5) is 11.9. The predicted octanol–water partition coefficient (Wildman–Crippen LogP) is 1.60. The van der Waals surface area contributed by atoms with E-state index in [-0.39, 0.29) is 11.1 Å². The molecule has 4 nitrogen and oxygen atoms in total. The molecule has 4 heteroatoms. The zero-order valence-corrected chi connectivity index (χ0v) is 9.19. The van der Waals surface area contributed by atoms with Gasteiger partial charge < -0.3 is 0 Å². The van der Waals surface area contributed by atoms with Crippen molar-refractivity contribution in [2.75, 3.05) is 0 Å². The molecule has 0 radical (unpaired) electrons. The van der Waals surface area contributed by atoms with Crippen LogP contribution in [-0.4, -0.2) is 9.78 Å². The van der Waals surface area contributed by atoms with Crippen LogP contribution in [0.25, 0.3) is 10.9 Å². The Morgan fingerprint density at radius 1 is 1.50 bits per heavy atom. The third kappa shape index (κ3) is 1.47. The lowest BCUT2D eigenvalue weighted by molar-refractivity contribution is 0.663. The number of nitriles is 1. The number of fused-ring (bicyclic) bond motifs is 1. The van der Waals surface area contributed by atoms with E-state index in [1.165, 1.54) is 0 Å². The number of rotatable bonds is 1. The molecule has 0 atom stereocenters. The van der Waals surface area contributed by atoms with E-state index < -0.39 is 0 Å². The Balaban J connectivity index is 2.99. The first-order chi connectivity index (χ1) is 7.67. The van der Waals surface area contributed by atoms with Crippen molar-refractivity contribution in [1.82, 2.24) is 9.78 Å². The largest absolute Gasteiger partial charge is 0.286 e. The van der Waals surface area contributed by atoms with Crippen LogP contribution in [0.1, 0.15) is 18.2 Å². The summed E-state index contributed by atoms with van der Waals surface area (Å²) in [5, 5.41) is 13.4. The van der Waals surface area contributed by atoms with Crippen molar-refractivity contribution in [3.05, 3.63) is 39.7 Å². The zero-order valence-electron chi connectivity index (χ0n) is 9.19. The van der Waals surface area contributed by atoms with E-state index in [1.807, 2.05) is 32.0 Å². The van der Waals surface area contributed by atoms with Crippen molar-refractivity contribution >= 4 is 10.9 Å². The van der Waals surface area contributed by atoms with Crippen LogP contribution in [0.2, 0.25) is 0 Å². The van der Waals surface area contributed by atoms with Crippen LogP contribution in [0.3, 0.4) is 0 Å². The summed E-state index contributed by atoms with van der Waals surface area (Å²) in [5.74, 6) is 0. The van der Waals surface area contributed by atoms with Gasteiger partial charge in [0.2, 0.25) is 11.1 Å². The van der Waals surface area contributed by atoms with Crippen molar-refractivity contribution in [3.8, 4) is 6.07 Å². The van der Waals surface area contributed by atoms with E-state index in [9.17, 15) is 4.79 Å². The quantitative estimate of drug-likeness (QED) is 0.722. The molecular formula is C12H11N3O. The predicted molar refractivity (Wildman–Crippen MR) is 61.1 cm³/mol. The third-order valence-corrected chi connectivity index (χ3v) is 2.52. The summed E-state index contributed by atoms with van der Waals surface area (Å²) in [6.45, 7) is 4.48. The molecule has 0 saturated carbocycles. The Bertz CT molecular complexity index is 650. The molecule has 1 aromatic carbocycles. The van der Waals surface area contributed by atoms with Gasteiger partial charge in [0, 0.05) is 6.54 Å². The smallest absolute Gasteiger partial charge is 0.226 e. The van der Waals surface area contributed by atoms with Crippen LogP contribution >= 0.6 is 0 Å². The normalized spacial score (nSPS) is 10.3. The van der Waals surface area contributed by atoms with Crippen molar-refractivity contribution < 1.29 is 0 Å². The number of nitrogens with zero attached hydrogens (tertiary/aromatic N) is 3. The van der Waals surface area contributed by atoms with Gasteiger partial charge in [-0.25, -0.2) is 0 Å². The molecule has 0 bridgehead atoms. The molecule has 16 heavy (non-hydrogen) atoms. The molecule has 0 amide bonds. The summed E-state index contributed by atoms with van der Waals surface area (Å²) in [7, 11) is 0. The fraction of sp³-hybridized carbons (Fsp3) is 0.250. The Kier molecular flexibility index (Phi) is 2.45. The van der Waals surface area contributed by atoms with E-state index in [0.29, 0.717) is 11.9 Å². The average molecular weight is 213 g/mol. The minimum atomic E-state index is -0.286. The summed E-state index contributed by atoms with van der Waals surface area (Å²) in [5.41, 5.74) is 1.45. The van der Waals surface area contributed by atoms with Crippen molar-refractivity contribution in [1.29, 1.82) is 5.26 Å². The molecule has 0 aliphatic heterocycles. The van der Waals surface area contributed by atoms with Gasteiger partial charge in [0.05, 0.1) is 10.9 Å². The van der Waals surface area contributed by atoms with Gasteiger partial charge in [0.25, 0.3) is 0 Å². The molecule has 1 heterocycles. The summed E-state index contributed by atoms with van der Waals surface area (Å²) >= 11 is 0. The summed E-state index contributed by atoms with van der Waals surface area (Å²) in [6, 6.07) is 7.43. The van der Waals surface area contributed by atoms with Gasteiger partial charge in [-0.2, -0.15) is 10.4 Å². The minimum absolute atomic E-state index is 0.0417. The molecule has 2 rings (SSSR count). The van der Waals surface area contributed by atoms with Crippen LogP contribution in [0.4, 0.5) is 0 Å². The van der Waals surface area contributed by atoms with E-state index in [2.05, 4.69) is 5.10 Å². The van der Waals surface area contributed by atoms with Crippen LogP contribution in [0.15, 0.2) is 23.0 Å².